The first kappa shape index (κ1) is 65.2. The molecule has 6 rings (SSSR count). The minimum atomic E-state index is -4.35. The molecule has 2 atom stereocenters. The number of carbonyl (C=O) groups excluding carboxylic acids is 3. The number of halogens is 9. The van der Waals surface area contributed by atoms with Gasteiger partial charge in [0.25, 0.3) is 6.47 Å². The number of ether oxygens (including phenoxy) is 2. The third kappa shape index (κ3) is 27.2. The molecule has 2 aliphatic heterocycles. The fourth-order valence-corrected chi connectivity index (χ4v) is 7.33. The van der Waals surface area contributed by atoms with Crippen molar-refractivity contribution in [1.29, 1.82) is 0 Å². The number of piperidine rings is 2. The van der Waals surface area contributed by atoms with E-state index in [0.29, 0.717) is 73.1 Å². The van der Waals surface area contributed by atoms with Crippen LogP contribution in [0.2, 0.25) is 0 Å². The van der Waals surface area contributed by atoms with Crippen LogP contribution < -0.4 is 71.4 Å². The fourth-order valence-electron chi connectivity index (χ4n) is 7.19. The largest absolute Gasteiger partial charge is 1.00 e. The van der Waals surface area contributed by atoms with Crippen LogP contribution in [0, 0.1) is 11.6 Å². The molecule has 4 aromatic rings. The monoisotopic (exact) mass is 1050 g/mol. The number of Topliss-reactive ketones (excluding diaryl/α,β-unsaturated/α-hetero) is 2. The van der Waals surface area contributed by atoms with Crippen LogP contribution in [0.15, 0.2) is 97.1 Å². The van der Waals surface area contributed by atoms with Crippen molar-refractivity contribution < 1.29 is 121 Å². The summed E-state index contributed by atoms with van der Waals surface area (Å²) in [6.45, 7) is 3.60. The molecule has 369 valence electrons. The van der Waals surface area contributed by atoms with Crippen LogP contribution in [-0.4, -0.2) is 125 Å². The molecule has 1 N–H and O–H groups in total. The number of likely N-dealkylation sites (tertiary alicyclic amines) is 1. The summed E-state index contributed by atoms with van der Waals surface area (Å²) in [5, 5.41) is 11.8. The van der Waals surface area contributed by atoms with Crippen molar-refractivity contribution in [2.45, 2.75) is 101 Å². The average Bonchev–Trinajstić information content (AvgIpc) is 3.32. The van der Waals surface area contributed by atoms with E-state index >= 15 is 0 Å². The van der Waals surface area contributed by atoms with Gasteiger partial charge in [-0.15, -0.1) is 11.6 Å². The molecule has 69 heavy (non-hydrogen) atoms. The van der Waals surface area contributed by atoms with Crippen molar-refractivity contribution in [3.05, 3.63) is 131 Å². The van der Waals surface area contributed by atoms with Crippen molar-refractivity contribution >= 4 is 81.0 Å². The van der Waals surface area contributed by atoms with Gasteiger partial charge in [0.05, 0.1) is 24.3 Å². The molecule has 2 fully saturated rings. The molecule has 0 amide bonds. The van der Waals surface area contributed by atoms with E-state index in [0.717, 1.165) is 88.8 Å². The molecule has 4 aromatic carbocycles. The number of rotatable bonds is 18. The fraction of sp³-hybridized carbons (Fsp3) is 0.449. The molecule has 2 heterocycles. The number of benzene rings is 4. The predicted molar refractivity (Wildman–Crippen MR) is 242 cm³/mol. The van der Waals surface area contributed by atoms with Crippen molar-refractivity contribution in [2.24, 2.45) is 0 Å². The first-order valence-corrected chi connectivity index (χ1v) is 22.5. The van der Waals surface area contributed by atoms with Gasteiger partial charge in [0.2, 0.25) is 0 Å². The molecule has 20 heteroatoms. The Hall–Kier alpha value is -1.83. The van der Waals surface area contributed by atoms with Gasteiger partial charge in [-0.1, -0.05) is 12.8 Å². The van der Waals surface area contributed by atoms with Crippen LogP contribution in [0.5, 0.6) is 11.5 Å². The Kier molecular flexibility index (Phi) is 34.2. The smallest absolute Gasteiger partial charge is 0.662 e. The SMILES string of the molecule is FC(F)(F)c1ccc(OCCC2CCCCN2)cc1.O=C(CCCCl)c1ccc(F)cc1.O=C(CCCN1CCCCC1CCOc1ccc(C(F)(F)F)cc1)c1ccc(F)cc1.O=CO[O-].[K+].[K]. The Morgan fingerprint density at radius 1 is 0.681 bits per heavy atom. The Balaban J connectivity index is 0.000000534. The second-order valence-corrected chi connectivity index (χ2v) is 16.0. The molecule has 0 spiro atoms. The molecular weight excluding hydrogens is 994 g/mol. The molecule has 0 aromatic heterocycles. The van der Waals surface area contributed by atoms with Crippen LogP contribution in [0.1, 0.15) is 109 Å². The Morgan fingerprint density at radius 3 is 1.55 bits per heavy atom. The van der Waals surface area contributed by atoms with Crippen molar-refractivity contribution in [2.75, 3.05) is 38.7 Å². The molecule has 2 unspecified atom stereocenters. The summed E-state index contributed by atoms with van der Waals surface area (Å²) >= 11 is 5.45. The number of nitrogens with one attached hydrogen (secondary N) is 1. The third-order valence-corrected chi connectivity index (χ3v) is 11.0. The van der Waals surface area contributed by atoms with E-state index in [2.05, 4.69) is 15.1 Å². The van der Waals surface area contributed by atoms with E-state index in [-0.39, 0.29) is 132 Å². The molecule has 2 saturated heterocycles. The molecule has 9 nitrogen and oxygen atoms in total. The normalized spacial score (nSPS) is 15.6. The summed E-state index contributed by atoms with van der Waals surface area (Å²) in [5.41, 5.74) is -0.254. The quantitative estimate of drug-likeness (QED) is 0.0203. The summed E-state index contributed by atoms with van der Waals surface area (Å²) in [4.78, 5) is 37.2. The molecule has 0 aliphatic carbocycles. The maximum absolute atomic E-state index is 13.0. The van der Waals surface area contributed by atoms with E-state index in [1.165, 1.54) is 85.6 Å². The molecular formula is C49H56ClF8K2N2O7. The van der Waals surface area contributed by atoms with Crippen LogP contribution in [0.25, 0.3) is 0 Å². The third-order valence-electron chi connectivity index (χ3n) is 10.7. The van der Waals surface area contributed by atoms with Gasteiger partial charge in [-0.3, -0.25) is 14.4 Å². The topological polar surface area (TPSA) is 117 Å². The van der Waals surface area contributed by atoms with Gasteiger partial charge >= 0.3 is 63.7 Å². The predicted octanol–water partition coefficient (Wildman–Crippen LogP) is 7.83. The van der Waals surface area contributed by atoms with E-state index in [1.807, 2.05) is 0 Å². The van der Waals surface area contributed by atoms with E-state index in [4.69, 9.17) is 31.1 Å². The maximum Gasteiger partial charge on any atom is 1.00 e. The Bertz CT molecular complexity index is 2010. The van der Waals surface area contributed by atoms with Crippen LogP contribution in [0.3, 0.4) is 0 Å². The number of carbonyl (C=O) groups is 3. The number of hydrogen-bond donors (Lipinski definition) is 1. The maximum atomic E-state index is 13.0. The van der Waals surface area contributed by atoms with Gasteiger partial charge in [-0.05, 0) is 168 Å². The second kappa shape index (κ2) is 36.2. The Morgan fingerprint density at radius 2 is 1.13 bits per heavy atom. The average molecular weight is 1050 g/mol. The van der Waals surface area contributed by atoms with Gasteiger partial charge in [0, 0.05) is 93.3 Å². The summed E-state index contributed by atoms with van der Waals surface area (Å²) in [6, 6.07) is 21.6. The van der Waals surface area contributed by atoms with Gasteiger partial charge in [-0.25, -0.2) is 8.78 Å². The van der Waals surface area contributed by atoms with Crippen molar-refractivity contribution in [3.8, 4) is 11.5 Å². The van der Waals surface area contributed by atoms with E-state index in [1.54, 1.807) is 0 Å². The van der Waals surface area contributed by atoms with Gasteiger partial charge in [-0.2, -0.15) is 26.3 Å². The zero-order chi connectivity index (χ0) is 49.1. The first-order valence-electron chi connectivity index (χ1n) is 22.0. The number of hydrogen-bond acceptors (Lipinski definition) is 9. The summed E-state index contributed by atoms with van der Waals surface area (Å²) in [7, 11) is 0. The summed E-state index contributed by atoms with van der Waals surface area (Å²) in [6.07, 6.45) is 2.17. The van der Waals surface area contributed by atoms with Gasteiger partial charge in [0.15, 0.2) is 11.6 Å². The standard InChI is InChI=1S/C24H27F4NO2.C14H18F3NO.C10H10ClFO.CH2O3.2K/c25-20-10-6-18(7-11-20)23(30)5-3-16-29-15-2-1-4-21(29)14-17-31-22-12-8-19(9-13-22)24(26,27)28;15-14(16,17)11-4-6-13(7-5-11)19-10-8-12-3-1-2-9-18-12;11-7-1-2-10(13)8-3-5-9(12)6-4-8;2-1-4-3;;/h6-13,21H,1-5,14-17H2;4-7,12,18H,1-3,8-10H2;3-6H,1-2,7H2;1,3H;;/q;;;;;+1/p-1. The minimum absolute atomic E-state index is 0. The molecule has 0 saturated carbocycles. The molecule has 0 bridgehead atoms. The van der Waals surface area contributed by atoms with Gasteiger partial charge in [0.1, 0.15) is 23.1 Å². The minimum Gasteiger partial charge on any atom is -0.662 e. The van der Waals surface area contributed by atoms with Crippen LogP contribution in [0.4, 0.5) is 35.1 Å². The Labute approximate surface area is 488 Å². The van der Waals surface area contributed by atoms with Crippen LogP contribution in [-0.2, 0) is 22.0 Å². The van der Waals surface area contributed by atoms with Crippen molar-refractivity contribution in [1.82, 2.24) is 10.2 Å². The number of ketones is 2. The van der Waals surface area contributed by atoms with Crippen molar-refractivity contribution in [3.63, 3.8) is 0 Å². The molecule has 1 radical (unpaired) electrons. The van der Waals surface area contributed by atoms with E-state index < -0.39 is 23.5 Å². The van der Waals surface area contributed by atoms with Gasteiger partial charge < -0.3 is 29.8 Å². The second-order valence-electron chi connectivity index (χ2n) is 15.6. The zero-order valence-electron chi connectivity index (χ0n) is 38.9. The number of alkyl halides is 7. The zero-order valence-corrected chi connectivity index (χ0v) is 45.9. The number of nitrogens with zero attached hydrogens (tertiary/aromatic N) is 1. The molecule has 2 aliphatic rings. The summed E-state index contributed by atoms with van der Waals surface area (Å²) < 4.78 is 112. The van der Waals surface area contributed by atoms with E-state index in [9.17, 15) is 44.7 Å². The summed E-state index contributed by atoms with van der Waals surface area (Å²) in [5.74, 6) is 0.747. The van der Waals surface area contributed by atoms with Crippen LogP contribution >= 0.6 is 11.6 Å². The first-order chi connectivity index (χ1) is 32.0.